The number of amides is 2. The number of carbonyl (C=O) groups excluding carboxylic acids is 2. The highest BCUT2D eigenvalue weighted by molar-refractivity contribution is 6.31. The molecule has 0 radical (unpaired) electrons. The molecule has 2 saturated heterocycles. The quantitative estimate of drug-likeness (QED) is 0.316. The smallest absolute Gasteiger partial charge is 0.387 e. The minimum absolute atomic E-state index is 0.0915. The third-order valence-corrected chi connectivity index (χ3v) is 7.84. The van der Waals surface area contributed by atoms with Crippen LogP contribution in [0.4, 0.5) is 14.5 Å². The van der Waals surface area contributed by atoms with Crippen molar-refractivity contribution in [2.45, 2.75) is 32.0 Å². The van der Waals surface area contributed by atoms with Crippen molar-refractivity contribution in [3.8, 4) is 29.9 Å². The van der Waals surface area contributed by atoms with Crippen molar-refractivity contribution in [1.82, 2.24) is 34.2 Å². The van der Waals surface area contributed by atoms with E-state index >= 15 is 0 Å². The Morgan fingerprint density at radius 2 is 2.05 bits per heavy atom. The van der Waals surface area contributed by atoms with Crippen molar-refractivity contribution in [2.24, 2.45) is 5.92 Å². The highest BCUT2D eigenvalue weighted by Crippen LogP contribution is 2.37. The van der Waals surface area contributed by atoms with Crippen LogP contribution in [0.2, 0.25) is 5.02 Å². The molecule has 6 rings (SSSR count). The minimum Gasteiger partial charge on any atom is -0.434 e. The van der Waals surface area contributed by atoms with Crippen molar-refractivity contribution in [1.29, 1.82) is 0 Å². The van der Waals surface area contributed by atoms with Gasteiger partial charge in [-0.25, -0.2) is 9.50 Å². The van der Waals surface area contributed by atoms with Gasteiger partial charge in [-0.1, -0.05) is 11.6 Å². The number of ether oxygens (including phenoxy) is 1. The van der Waals surface area contributed by atoms with E-state index in [-0.39, 0.29) is 51.8 Å². The predicted molar refractivity (Wildman–Crippen MR) is 156 cm³/mol. The Morgan fingerprint density at radius 3 is 2.84 bits per heavy atom. The molecule has 0 bridgehead atoms. The zero-order valence-corrected chi connectivity index (χ0v) is 24.0. The number of terminal acetylenes is 1. The van der Waals surface area contributed by atoms with Gasteiger partial charge in [-0.05, 0) is 56.6 Å². The van der Waals surface area contributed by atoms with Crippen molar-refractivity contribution >= 4 is 34.7 Å². The van der Waals surface area contributed by atoms with Crippen molar-refractivity contribution < 1.29 is 23.1 Å². The van der Waals surface area contributed by atoms with E-state index in [2.05, 4.69) is 45.3 Å². The summed E-state index contributed by atoms with van der Waals surface area (Å²) in [5.41, 5.74) is 0.959. The molecule has 2 fully saturated rings. The van der Waals surface area contributed by atoms with E-state index in [0.29, 0.717) is 18.1 Å². The van der Waals surface area contributed by atoms with Crippen LogP contribution in [0.5, 0.6) is 5.75 Å². The topological polar surface area (TPSA) is 110 Å². The number of alkyl halides is 2. The number of aromatic nitrogens is 5. The van der Waals surface area contributed by atoms with Crippen LogP contribution in [-0.2, 0) is 11.3 Å². The molecular formula is C29H29ClF2N8O3. The van der Waals surface area contributed by atoms with Gasteiger partial charge in [0.1, 0.15) is 23.6 Å². The Balaban J connectivity index is 0.00000180. The summed E-state index contributed by atoms with van der Waals surface area (Å²) in [6.45, 7) is -0.642. The number of anilines is 1. The second kappa shape index (κ2) is 12.8. The lowest BCUT2D eigenvalue weighted by Crippen LogP contribution is -2.47. The van der Waals surface area contributed by atoms with E-state index in [1.54, 1.807) is 12.3 Å². The number of nitrogens with one attached hydrogen (secondary N) is 1. The van der Waals surface area contributed by atoms with Crippen molar-refractivity contribution in [3.05, 3.63) is 59.6 Å². The number of likely N-dealkylation sites (tertiary alicyclic amines) is 2. The number of hydrogen-bond acceptors (Lipinski definition) is 7. The number of piperidine rings is 1. The van der Waals surface area contributed by atoms with Crippen LogP contribution in [0.3, 0.4) is 0 Å². The van der Waals surface area contributed by atoms with Gasteiger partial charge in [0.2, 0.25) is 5.91 Å². The van der Waals surface area contributed by atoms with Crippen molar-refractivity contribution in [3.63, 3.8) is 0 Å². The summed E-state index contributed by atoms with van der Waals surface area (Å²) in [7, 11) is 2.09. The molecule has 3 aromatic heterocycles. The zero-order valence-electron chi connectivity index (χ0n) is 23.2. The number of rotatable bonds is 7. The molecule has 224 valence electrons. The Labute approximate surface area is 251 Å². The summed E-state index contributed by atoms with van der Waals surface area (Å²) < 4.78 is 34.1. The zero-order chi connectivity index (χ0) is 30.7. The third-order valence-electron chi connectivity index (χ3n) is 7.60. The largest absolute Gasteiger partial charge is 0.434 e. The fourth-order valence-electron chi connectivity index (χ4n) is 5.76. The highest BCUT2D eigenvalue weighted by Gasteiger charge is 2.39. The summed E-state index contributed by atoms with van der Waals surface area (Å²) in [6, 6.07) is 5.99. The normalized spacial score (nSPS) is 18.3. The van der Waals surface area contributed by atoms with Gasteiger partial charge in [-0.3, -0.25) is 14.3 Å². The lowest BCUT2D eigenvalue weighted by molar-refractivity contribution is -0.133. The van der Waals surface area contributed by atoms with Crippen LogP contribution in [0.1, 0.15) is 23.2 Å². The van der Waals surface area contributed by atoms with Gasteiger partial charge < -0.3 is 19.9 Å². The fraction of sp³-hybridized carbons (Fsp3) is 0.345. The maximum atomic E-state index is 13.4. The van der Waals surface area contributed by atoms with E-state index in [9.17, 15) is 18.4 Å². The lowest BCUT2D eigenvalue weighted by Gasteiger charge is -2.36. The van der Waals surface area contributed by atoms with Gasteiger partial charge in [-0.2, -0.15) is 19.0 Å². The number of hydrogen-bond donors (Lipinski definition) is 1. The van der Waals surface area contributed by atoms with Crippen LogP contribution in [0.25, 0.3) is 16.9 Å². The van der Waals surface area contributed by atoms with Crippen LogP contribution in [0.15, 0.2) is 49.1 Å². The second-order valence-electron chi connectivity index (χ2n) is 10.3. The lowest BCUT2D eigenvalue weighted by atomic mass is 9.93. The molecule has 14 heteroatoms. The first-order valence-corrected chi connectivity index (χ1v) is 13.9. The van der Waals surface area contributed by atoms with Crippen molar-refractivity contribution in [2.75, 3.05) is 32.0 Å². The molecule has 2 amide bonds. The van der Waals surface area contributed by atoms with E-state index in [4.69, 9.17) is 16.3 Å². The van der Waals surface area contributed by atoms with E-state index in [0.717, 1.165) is 25.9 Å². The SMILES string of the molecule is C#C.CN1CCC2[C@H](CCN2C(=O)Cn2cc(NC(=O)c3cnn4cccnc34)c(-c3cc(Cl)ccc3OC(F)F)n2)C1. The van der Waals surface area contributed by atoms with Gasteiger partial charge in [0, 0.05) is 48.3 Å². The fourth-order valence-corrected chi connectivity index (χ4v) is 5.93. The van der Waals surface area contributed by atoms with Gasteiger partial charge in [0.05, 0.1) is 11.9 Å². The molecule has 4 aromatic rings. The van der Waals surface area contributed by atoms with Gasteiger partial charge in [0.25, 0.3) is 5.91 Å². The standard InChI is InChI=1S/C27H27ClF2N8O3.C2H2/c1-35-9-6-21-16(13-35)5-10-37(21)23(39)15-36-14-20(33-26(40)19-12-32-38-8-2-7-31-25(19)38)24(34-36)18-11-17(28)3-4-22(18)41-27(29)30;1-2/h2-4,7-8,11-12,14,16,21,27H,5-6,9-10,13,15H2,1H3,(H,33,40);1-2H/t16-,21?;/m1./s1. The van der Waals surface area contributed by atoms with Crippen LogP contribution in [0, 0.1) is 18.8 Å². The first-order valence-electron chi connectivity index (χ1n) is 13.5. The first-order chi connectivity index (χ1) is 20.8. The summed E-state index contributed by atoms with van der Waals surface area (Å²) in [4.78, 5) is 35.2. The summed E-state index contributed by atoms with van der Waals surface area (Å²) >= 11 is 6.21. The number of nitrogens with zero attached hydrogens (tertiary/aromatic N) is 7. The molecule has 5 heterocycles. The Bertz CT molecular complexity index is 1650. The molecule has 0 spiro atoms. The van der Waals surface area contributed by atoms with Crippen LogP contribution in [-0.4, -0.2) is 85.3 Å². The summed E-state index contributed by atoms with van der Waals surface area (Å²) in [5, 5.41) is 11.7. The molecule has 1 N–H and O–H groups in total. The molecule has 11 nitrogen and oxygen atoms in total. The van der Waals surface area contributed by atoms with Gasteiger partial charge >= 0.3 is 6.61 Å². The van der Waals surface area contributed by atoms with Gasteiger partial charge in [-0.15, -0.1) is 12.8 Å². The molecule has 0 saturated carbocycles. The predicted octanol–water partition coefficient (Wildman–Crippen LogP) is 3.90. The summed E-state index contributed by atoms with van der Waals surface area (Å²) in [6.07, 6.45) is 15.9. The van der Waals surface area contributed by atoms with Crippen LogP contribution >= 0.6 is 11.6 Å². The highest BCUT2D eigenvalue weighted by atomic mass is 35.5. The first kappa shape index (κ1) is 29.9. The number of benzene rings is 1. The molecule has 2 atom stereocenters. The molecule has 0 aliphatic carbocycles. The Kier molecular flexibility index (Phi) is 8.89. The molecule has 43 heavy (non-hydrogen) atoms. The maximum absolute atomic E-state index is 13.4. The van der Waals surface area contributed by atoms with E-state index < -0.39 is 12.5 Å². The number of halogens is 3. The Morgan fingerprint density at radius 1 is 1.23 bits per heavy atom. The summed E-state index contributed by atoms with van der Waals surface area (Å²) in [5.74, 6) is -0.391. The molecular weight excluding hydrogens is 582 g/mol. The van der Waals surface area contributed by atoms with Crippen LogP contribution < -0.4 is 10.1 Å². The minimum atomic E-state index is -3.10. The molecule has 1 unspecified atom stereocenters. The second-order valence-corrected chi connectivity index (χ2v) is 10.7. The Hall–Kier alpha value is -4.54. The number of carbonyl (C=O) groups is 2. The van der Waals surface area contributed by atoms with E-state index in [1.807, 2.05) is 4.90 Å². The molecule has 2 aliphatic rings. The monoisotopic (exact) mass is 610 g/mol. The van der Waals surface area contributed by atoms with Gasteiger partial charge in [0.15, 0.2) is 5.65 Å². The maximum Gasteiger partial charge on any atom is 0.387 e. The molecule has 2 aliphatic heterocycles. The number of fused-ring (bicyclic) bond motifs is 2. The molecule has 1 aromatic carbocycles. The third kappa shape index (κ3) is 6.30. The average Bonchev–Trinajstić information content (AvgIpc) is 3.71. The van der Waals surface area contributed by atoms with E-state index in [1.165, 1.54) is 46.0 Å². The average molecular weight is 611 g/mol.